The van der Waals surface area contributed by atoms with Gasteiger partial charge >= 0.3 is 0 Å². The van der Waals surface area contributed by atoms with Gasteiger partial charge in [-0.15, -0.1) is 0 Å². The SMILES string of the molecule is Cc1cnc(N2CCC(O)(CN(C)C)C2)nc1. The number of hydrogen-bond acceptors (Lipinski definition) is 5. The Kier molecular flexibility index (Phi) is 3.31. The first-order valence-corrected chi connectivity index (χ1v) is 5.89. The van der Waals surface area contributed by atoms with Gasteiger partial charge in [-0.2, -0.15) is 0 Å². The minimum absolute atomic E-state index is 0.605. The molecule has 0 spiro atoms. The van der Waals surface area contributed by atoms with Gasteiger partial charge in [-0.3, -0.25) is 0 Å². The summed E-state index contributed by atoms with van der Waals surface area (Å²) in [6.45, 7) is 4.06. The summed E-state index contributed by atoms with van der Waals surface area (Å²) in [6, 6.07) is 0. The molecule has 1 saturated heterocycles. The summed E-state index contributed by atoms with van der Waals surface area (Å²) in [6.07, 6.45) is 4.39. The van der Waals surface area contributed by atoms with Crippen molar-refractivity contribution in [2.75, 3.05) is 38.6 Å². The van der Waals surface area contributed by atoms with Crippen LogP contribution in [0.1, 0.15) is 12.0 Å². The zero-order valence-corrected chi connectivity index (χ0v) is 10.7. The average molecular weight is 236 g/mol. The average Bonchev–Trinajstić information content (AvgIpc) is 2.60. The molecular weight excluding hydrogens is 216 g/mol. The fourth-order valence-electron chi connectivity index (χ4n) is 2.29. The monoisotopic (exact) mass is 236 g/mol. The maximum absolute atomic E-state index is 10.4. The molecule has 1 unspecified atom stereocenters. The number of likely N-dealkylation sites (N-methyl/N-ethyl adjacent to an activating group) is 1. The van der Waals surface area contributed by atoms with Crippen molar-refractivity contribution in [3.8, 4) is 0 Å². The standard InChI is InChI=1S/C12H20N4O/c1-10-6-13-11(14-7-10)16-5-4-12(17,9-16)8-15(2)3/h6-7,17H,4-5,8-9H2,1-3H3. The van der Waals surface area contributed by atoms with Crippen LogP contribution in [0.3, 0.4) is 0 Å². The second-order valence-electron chi connectivity index (χ2n) is 5.19. The van der Waals surface area contributed by atoms with Gasteiger partial charge in [0.05, 0.1) is 12.1 Å². The molecule has 5 nitrogen and oxygen atoms in total. The Bertz CT molecular complexity index is 379. The van der Waals surface area contributed by atoms with Gasteiger partial charge in [0.2, 0.25) is 5.95 Å². The number of nitrogens with zero attached hydrogens (tertiary/aromatic N) is 4. The number of aryl methyl sites for hydroxylation is 1. The molecule has 1 aromatic rings. The van der Waals surface area contributed by atoms with Crippen LogP contribution < -0.4 is 4.90 Å². The van der Waals surface area contributed by atoms with Crippen molar-refractivity contribution in [3.05, 3.63) is 18.0 Å². The summed E-state index contributed by atoms with van der Waals surface area (Å²) in [7, 11) is 3.95. The zero-order valence-electron chi connectivity index (χ0n) is 10.7. The normalized spacial score (nSPS) is 24.6. The second-order valence-corrected chi connectivity index (χ2v) is 5.19. The summed E-state index contributed by atoms with van der Waals surface area (Å²) in [5.74, 6) is 0.713. The second kappa shape index (κ2) is 4.58. The fourth-order valence-corrected chi connectivity index (χ4v) is 2.29. The Morgan fingerprint density at radius 2 is 2.06 bits per heavy atom. The molecule has 0 bridgehead atoms. The minimum atomic E-state index is -0.641. The highest BCUT2D eigenvalue weighted by atomic mass is 16.3. The van der Waals surface area contributed by atoms with Gasteiger partial charge in [0.1, 0.15) is 0 Å². The summed E-state index contributed by atoms with van der Waals surface area (Å²) in [5.41, 5.74) is 0.411. The first-order valence-electron chi connectivity index (χ1n) is 5.89. The molecule has 2 heterocycles. The molecular formula is C12H20N4O. The van der Waals surface area contributed by atoms with Crippen molar-refractivity contribution in [3.63, 3.8) is 0 Å². The van der Waals surface area contributed by atoms with E-state index in [1.807, 2.05) is 43.2 Å². The third-order valence-electron chi connectivity index (χ3n) is 2.99. The third kappa shape index (κ3) is 2.92. The summed E-state index contributed by atoms with van der Waals surface area (Å²) < 4.78 is 0. The lowest BCUT2D eigenvalue weighted by atomic mass is 10.0. The van der Waals surface area contributed by atoms with Crippen molar-refractivity contribution >= 4 is 5.95 Å². The molecule has 1 atom stereocenters. The van der Waals surface area contributed by atoms with E-state index in [9.17, 15) is 5.11 Å². The van der Waals surface area contributed by atoms with E-state index in [0.717, 1.165) is 18.5 Å². The van der Waals surface area contributed by atoms with Gasteiger partial charge in [-0.1, -0.05) is 0 Å². The molecule has 17 heavy (non-hydrogen) atoms. The molecule has 5 heteroatoms. The molecule has 0 aromatic carbocycles. The molecule has 1 aliphatic heterocycles. The van der Waals surface area contributed by atoms with Crippen molar-refractivity contribution in [2.45, 2.75) is 18.9 Å². The smallest absolute Gasteiger partial charge is 0.225 e. The summed E-state index contributed by atoms with van der Waals surface area (Å²) in [5, 5.41) is 10.4. The van der Waals surface area contributed by atoms with Crippen LogP contribution >= 0.6 is 0 Å². The number of aliphatic hydroxyl groups is 1. The van der Waals surface area contributed by atoms with Crippen molar-refractivity contribution < 1.29 is 5.11 Å². The third-order valence-corrected chi connectivity index (χ3v) is 2.99. The van der Waals surface area contributed by atoms with Crippen LogP contribution in [-0.4, -0.2) is 59.3 Å². The Balaban J connectivity index is 2.04. The van der Waals surface area contributed by atoms with Crippen LogP contribution in [0.4, 0.5) is 5.95 Å². The number of anilines is 1. The van der Waals surface area contributed by atoms with Gasteiger partial charge in [0.25, 0.3) is 0 Å². The Morgan fingerprint density at radius 1 is 1.41 bits per heavy atom. The van der Waals surface area contributed by atoms with Crippen LogP contribution in [0.5, 0.6) is 0 Å². The van der Waals surface area contributed by atoms with Gasteiger partial charge < -0.3 is 14.9 Å². The van der Waals surface area contributed by atoms with E-state index >= 15 is 0 Å². The molecule has 0 radical (unpaired) electrons. The highest BCUT2D eigenvalue weighted by Crippen LogP contribution is 2.24. The predicted octanol–water partition coefficient (Wildman–Crippen LogP) is 0.288. The molecule has 0 aliphatic carbocycles. The fraction of sp³-hybridized carbons (Fsp3) is 0.667. The van der Waals surface area contributed by atoms with Crippen LogP contribution in [0, 0.1) is 6.92 Å². The van der Waals surface area contributed by atoms with Crippen molar-refractivity contribution in [1.82, 2.24) is 14.9 Å². The lowest BCUT2D eigenvalue weighted by Gasteiger charge is -2.26. The van der Waals surface area contributed by atoms with E-state index in [2.05, 4.69) is 9.97 Å². The molecule has 0 saturated carbocycles. The summed E-state index contributed by atoms with van der Waals surface area (Å²) in [4.78, 5) is 12.6. The highest BCUT2D eigenvalue weighted by molar-refractivity contribution is 5.33. The van der Waals surface area contributed by atoms with Crippen LogP contribution in [0.15, 0.2) is 12.4 Å². The Morgan fingerprint density at radius 3 is 2.65 bits per heavy atom. The van der Waals surface area contributed by atoms with Gasteiger partial charge in [-0.25, -0.2) is 9.97 Å². The van der Waals surface area contributed by atoms with Gasteiger partial charge in [0, 0.05) is 25.5 Å². The number of β-amino-alcohol motifs (C(OH)–C–C–N with tert-alkyl or cyclic N) is 1. The molecule has 1 N–H and O–H groups in total. The van der Waals surface area contributed by atoms with E-state index in [-0.39, 0.29) is 0 Å². The maximum Gasteiger partial charge on any atom is 0.225 e. The van der Waals surface area contributed by atoms with E-state index in [1.165, 1.54) is 0 Å². The maximum atomic E-state index is 10.4. The first kappa shape index (κ1) is 12.3. The number of aromatic nitrogens is 2. The topological polar surface area (TPSA) is 52.5 Å². The first-order chi connectivity index (χ1) is 7.98. The van der Waals surface area contributed by atoms with Gasteiger partial charge in [0.15, 0.2) is 0 Å². The van der Waals surface area contributed by atoms with Crippen LogP contribution in [0.2, 0.25) is 0 Å². The minimum Gasteiger partial charge on any atom is -0.387 e. The van der Waals surface area contributed by atoms with Crippen molar-refractivity contribution in [1.29, 1.82) is 0 Å². The molecule has 2 rings (SSSR count). The number of hydrogen-bond donors (Lipinski definition) is 1. The van der Waals surface area contributed by atoms with E-state index < -0.39 is 5.60 Å². The zero-order chi connectivity index (χ0) is 12.5. The largest absolute Gasteiger partial charge is 0.387 e. The Labute approximate surface area is 102 Å². The lowest BCUT2D eigenvalue weighted by Crippen LogP contribution is -2.42. The lowest BCUT2D eigenvalue weighted by molar-refractivity contribution is 0.0365. The molecule has 94 valence electrons. The number of rotatable bonds is 3. The van der Waals surface area contributed by atoms with Crippen molar-refractivity contribution in [2.24, 2.45) is 0 Å². The predicted molar refractivity (Wildman–Crippen MR) is 67.1 cm³/mol. The van der Waals surface area contributed by atoms with Crippen LogP contribution in [-0.2, 0) is 0 Å². The van der Waals surface area contributed by atoms with E-state index in [0.29, 0.717) is 19.0 Å². The molecule has 1 aliphatic rings. The molecule has 0 amide bonds. The van der Waals surface area contributed by atoms with Gasteiger partial charge in [-0.05, 0) is 33.0 Å². The summed E-state index contributed by atoms with van der Waals surface area (Å²) >= 11 is 0. The van der Waals surface area contributed by atoms with E-state index in [1.54, 1.807) is 0 Å². The van der Waals surface area contributed by atoms with E-state index in [4.69, 9.17) is 0 Å². The molecule has 1 aromatic heterocycles. The molecule has 1 fully saturated rings. The Hall–Kier alpha value is -1.20. The highest BCUT2D eigenvalue weighted by Gasteiger charge is 2.37. The quantitative estimate of drug-likeness (QED) is 0.817. The van der Waals surface area contributed by atoms with Crippen LogP contribution in [0.25, 0.3) is 0 Å².